The molecule has 5 rings (SSSR count). The third kappa shape index (κ3) is 7.19. The lowest BCUT2D eigenvalue weighted by atomic mass is 9.91. The maximum atomic E-state index is 14.6. The van der Waals surface area contributed by atoms with Crippen LogP contribution in [0.2, 0.25) is 0 Å². The van der Waals surface area contributed by atoms with E-state index in [4.69, 9.17) is 0 Å². The molecule has 1 aliphatic heterocycles. The predicted octanol–water partition coefficient (Wildman–Crippen LogP) is 5.57. The van der Waals surface area contributed by atoms with Gasteiger partial charge < -0.3 is 25.1 Å². The van der Waals surface area contributed by atoms with E-state index in [0.29, 0.717) is 25.9 Å². The first-order valence-corrected chi connectivity index (χ1v) is 15.1. The zero-order valence-electron chi connectivity index (χ0n) is 24.1. The minimum atomic E-state index is -1.14. The van der Waals surface area contributed by atoms with Crippen LogP contribution in [0.3, 0.4) is 0 Å². The van der Waals surface area contributed by atoms with E-state index < -0.39 is 24.3 Å². The maximum Gasteiger partial charge on any atom is 0.321 e. The average molecular weight is 567 g/mol. The summed E-state index contributed by atoms with van der Waals surface area (Å²) in [6.45, 7) is 0.951. The average Bonchev–Trinajstić information content (AvgIpc) is 3.08. The van der Waals surface area contributed by atoms with Crippen molar-refractivity contribution in [2.24, 2.45) is 0 Å². The number of carbonyl (C=O) groups excluding carboxylic acids is 1. The van der Waals surface area contributed by atoms with E-state index in [1.165, 1.54) is 0 Å². The van der Waals surface area contributed by atoms with Crippen LogP contribution in [0.15, 0.2) is 103 Å². The third-order valence-corrected chi connectivity index (χ3v) is 8.48. The van der Waals surface area contributed by atoms with Crippen LogP contribution >= 0.6 is 0 Å². The van der Waals surface area contributed by atoms with Gasteiger partial charge in [-0.3, -0.25) is 0 Å². The number of urea groups is 1. The van der Waals surface area contributed by atoms with Gasteiger partial charge in [-0.1, -0.05) is 110 Å². The number of nitrogens with zero attached hydrogens (tertiary/aromatic N) is 2. The topological polar surface area (TPSA) is 84.2 Å². The fraction of sp³-hybridized carbons (Fsp3) is 0.361. The monoisotopic (exact) mass is 566 g/mol. The van der Waals surface area contributed by atoms with Crippen molar-refractivity contribution in [3.63, 3.8) is 0 Å². The van der Waals surface area contributed by atoms with Gasteiger partial charge in [-0.15, -0.1) is 0 Å². The molecule has 6 nitrogen and oxygen atoms in total. The largest absolute Gasteiger partial charge is 0.396 e. The molecular weight excluding hydrogens is 524 g/mol. The molecule has 2 amide bonds. The van der Waals surface area contributed by atoms with Gasteiger partial charge in [0.15, 0.2) is 0 Å². The highest BCUT2D eigenvalue weighted by molar-refractivity contribution is 5.83. The minimum Gasteiger partial charge on any atom is -0.396 e. The second-order valence-electron chi connectivity index (χ2n) is 11.4. The van der Waals surface area contributed by atoms with Gasteiger partial charge in [0.2, 0.25) is 0 Å². The minimum absolute atomic E-state index is 0.158. The van der Waals surface area contributed by atoms with Gasteiger partial charge in [0.05, 0.1) is 12.1 Å². The highest BCUT2D eigenvalue weighted by Crippen LogP contribution is 2.30. The van der Waals surface area contributed by atoms with E-state index in [-0.39, 0.29) is 12.6 Å². The van der Waals surface area contributed by atoms with Crippen LogP contribution in [0.5, 0.6) is 0 Å². The Labute approximate surface area is 248 Å². The molecular formula is C36H42N2O4. The molecule has 3 N–H and O–H groups in total. The van der Waals surface area contributed by atoms with Gasteiger partial charge in [-0.05, 0) is 59.2 Å². The number of aliphatic hydroxyl groups excluding tert-OH is 3. The molecule has 6 heteroatoms. The fourth-order valence-corrected chi connectivity index (χ4v) is 6.17. The summed E-state index contributed by atoms with van der Waals surface area (Å²) in [6, 6.07) is 32.8. The molecule has 0 aliphatic carbocycles. The molecule has 1 saturated heterocycles. The molecule has 1 aliphatic rings. The van der Waals surface area contributed by atoms with Crippen LogP contribution in [0.1, 0.15) is 42.4 Å². The van der Waals surface area contributed by atoms with Crippen LogP contribution < -0.4 is 0 Å². The van der Waals surface area contributed by atoms with E-state index >= 15 is 0 Å². The highest BCUT2D eigenvalue weighted by Gasteiger charge is 2.46. The molecule has 0 unspecified atom stereocenters. The second kappa shape index (κ2) is 14.5. The Morgan fingerprint density at radius 3 is 1.74 bits per heavy atom. The molecule has 0 spiro atoms. The normalized spacial score (nSPS) is 21.1. The number of amides is 2. The van der Waals surface area contributed by atoms with Crippen molar-refractivity contribution in [3.8, 4) is 0 Å². The number of hydrogen-bond donors (Lipinski definition) is 3. The van der Waals surface area contributed by atoms with Crippen LogP contribution in [0.25, 0.3) is 10.8 Å². The Hall–Kier alpha value is -3.71. The van der Waals surface area contributed by atoms with Gasteiger partial charge in [0.25, 0.3) is 0 Å². The van der Waals surface area contributed by atoms with Crippen molar-refractivity contribution >= 4 is 16.8 Å². The standard InChI is InChI=1S/C36H42N2O4/c39-22-12-2-1-11-21-37-32(24-27-13-5-3-6-14-27)34(40)35(41)33(25-28-15-7-4-8-16-28)38(36(37)42)26-29-19-20-30-17-9-10-18-31(30)23-29/h3-10,13-20,23,32-35,39-41H,1-2,11-12,21-22,24-26H2/t32-,33-,34+,35+/m1/s1. The zero-order chi connectivity index (χ0) is 29.3. The van der Waals surface area contributed by atoms with E-state index in [1.54, 1.807) is 9.80 Å². The first-order valence-electron chi connectivity index (χ1n) is 15.1. The van der Waals surface area contributed by atoms with Gasteiger partial charge in [0, 0.05) is 19.7 Å². The number of carbonyl (C=O) groups is 1. The van der Waals surface area contributed by atoms with E-state index in [1.807, 2.05) is 78.9 Å². The number of fused-ring (bicyclic) bond motifs is 1. The van der Waals surface area contributed by atoms with Gasteiger partial charge in [-0.2, -0.15) is 0 Å². The zero-order valence-corrected chi connectivity index (χ0v) is 24.1. The highest BCUT2D eigenvalue weighted by atomic mass is 16.3. The number of aliphatic hydroxyl groups is 3. The quantitative estimate of drug-likeness (QED) is 0.196. The molecule has 0 radical (unpaired) electrons. The van der Waals surface area contributed by atoms with E-state index in [2.05, 4.69) is 24.3 Å². The van der Waals surface area contributed by atoms with Crippen molar-refractivity contribution in [1.29, 1.82) is 0 Å². The second-order valence-corrected chi connectivity index (χ2v) is 11.4. The molecule has 1 fully saturated rings. The first kappa shape index (κ1) is 29.8. The van der Waals surface area contributed by atoms with Crippen molar-refractivity contribution in [1.82, 2.24) is 9.80 Å². The van der Waals surface area contributed by atoms with Crippen LogP contribution in [-0.2, 0) is 19.4 Å². The molecule has 1 heterocycles. The molecule has 42 heavy (non-hydrogen) atoms. The summed E-state index contributed by atoms with van der Waals surface area (Å²) >= 11 is 0. The fourth-order valence-electron chi connectivity index (χ4n) is 6.17. The summed E-state index contributed by atoms with van der Waals surface area (Å²) in [5.74, 6) is 0. The van der Waals surface area contributed by atoms with Gasteiger partial charge in [-0.25, -0.2) is 4.79 Å². The smallest absolute Gasteiger partial charge is 0.321 e. The Bertz CT molecular complexity index is 1410. The molecule has 4 aromatic rings. The first-order chi connectivity index (χ1) is 20.5. The lowest BCUT2D eigenvalue weighted by Crippen LogP contribution is -2.51. The Morgan fingerprint density at radius 2 is 1.12 bits per heavy atom. The Morgan fingerprint density at radius 1 is 0.571 bits per heavy atom. The van der Waals surface area contributed by atoms with Crippen molar-refractivity contribution in [3.05, 3.63) is 120 Å². The van der Waals surface area contributed by atoms with Crippen LogP contribution in [0.4, 0.5) is 4.79 Å². The van der Waals surface area contributed by atoms with E-state index in [0.717, 1.165) is 53.1 Å². The maximum absolute atomic E-state index is 14.6. The molecule has 220 valence electrons. The Balaban J connectivity index is 1.52. The summed E-state index contributed by atoms with van der Waals surface area (Å²) in [5.41, 5.74) is 2.99. The van der Waals surface area contributed by atoms with Gasteiger partial charge >= 0.3 is 6.03 Å². The lowest BCUT2D eigenvalue weighted by molar-refractivity contribution is -0.0402. The lowest BCUT2D eigenvalue weighted by Gasteiger charge is -2.36. The molecule has 4 aromatic carbocycles. The molecule has 0 bridgehead atoms. The number of rotatable bonds is 12. The summed E-state index contributed by atoms with van der Waals surface area (Å²) in [4.78, 5) is 18.2. The molecule has 0 aromatic heterocycles. The van der Waals surface area contributed by atoms with Crippen LogP contribution in [0, 0.1) is 0 Å². The van der Waals surface area contributed by atoms with Crippen molar-refractivity contribution in [2.45, 2.75) is 69.4 Å². The summed E-state index contributed by atoms with van der Waals surface area (Å²) in [5, 5.41) is 35.1. The molecule has 0 saturated carbocycles. The Kier molecular flexibility index (Phi) is 10.2. The van der Waals surface area contributed by atoms with Gasteiger partial charge in [0.1, 0.15) is 12.2 Å². The number of hydrogen-bond acceptors (Lipinski definition) is 4. The predicted molar refractivity (Wildman–Crippen MR) is 167 cm³/mol. The number of benzene rings is 4. The number of unbranched alkanes of at least 4 members (excludes halogenated alkanes) is 3. The van der Waals surface area contributed by atoms with E-state index in [9.17, 15) is 20.1 Å². The molecule has 4 atom stereocenters. The van der Waals surface area contributed by atoms with Crippen LogP contribution in [-0.4, -0.2) is 68.6 Å². The summed E-state index contributed by atoms with van der Waals surface area (Å²) in [7, 11) is 0. The van der Waals surface area contributed by atoms with Crippen molar-refractivity contribution in [2.75, 3.05) is 13.2 Å². The third-order valence-electron chi connectivity index (χ3n) is 8.48. The SMILES string of the molecule is O=C1N(CCCCCCO)[C@H](Cc2ccccc2)[C@H](O)[C@@H](O)[C@@H](Cc2ccccc2)N1Cc1ccc2ccccc2c1. The summed E-state index contributed by atoms with van der Waals surface area (Å²) < 4.78 is 0. The van der Waals surface area contributed by atoms with Crippen molar-refractivity contribution < 1.29 is 20.1 Å². The summed E-state index contributed by atoms with van der Waals surface area (Å²) in [6.07, 6.45) is 1.86.